The molecular weight excluding hydrogens is 406 g/mol. The van der Waals surface area contributed by atoms with E-state index in [1.165, 1.54) is 68.1 Å². The molecule has 33 heavy (non-hydrogen) atoms. The molecule has 2 atom stereocenters. The average Bonchev–Trinajstić information content (AvgIpc) is 3.57. The van der Waals surface area contributed by atoms with Crippen molar-refractivity contribution >= 4 is 5.91 Å². The van der Waals surface area contributed by atoms with Crippen LogP contribution in [0.3, 0.4) is 0 Å². The molecule has 0 spiro atoms. The summed E-state index contributed by atoms with van der Waals surface area (Å²) < 4.78 is 0. The van der Waals surface area contributed by atoms with Crippen LogP contribution in [0, 0.1) is 11.8 Å². The number of amides is 1. The van der Waals surface area contributed by atoms with Crippen LogP contribution in [0.15, 0.2) is 67.3 Å². The quantitative estimate of drug-likeness (QED) is 0.475. The summed E-state index contributed by atoms with van der Waals surface area (Å²) in [6.45, 7) is 0. The van der Waals surface area contributed by atoms with Crippen molar-refractivity contribution in [2.24, 2.45) is 17.6 Å². The number of pyridine rings is 2. The normalized spacial score (nSPS) is 18.9. The highest BCUT2D eigenvalue weighted by molar-refractivity contribution is 5.95. The standard InChI is InChI=1S/C29H33N3O/c30-29(33)25-15-5-14-24(26(20-8-1-2-9-20)22-12-6-16-31-18-22)28(25)27(21-10-3-4-11-21)23-13-7-17-32-19-23/h5-7,12-21,26-27H,1-4,8-11H2,(H2,30,33). The first kappa shape index (κ1) is 21.8. The average molecular weight is 440 g/mol. The summed E-state index contributed by atoms with van der Waals surface area (Å²) in [4.78, 5) is 21.7. The van der Waals surface area contributed by atoms with Gasteiger partial charge in [-0.15, -0.1) is 0 Å². The number of benzene rings is 1. The summed E-state index contributed by atoms with van der Waals surface area (Å²) in [5.41, 5.74) is 11.5. The summed E-state index contributed by atoms with van der Waals surface area (Å²) in [7, 11) is 0. The molecule has 2 fully saturated rings. The monoisotopic (exact) mass is 439 g/mol. The van der Waals surface area contributed by atoms with E-state index in [1.54, 1.807) is 0 Å². The Hall–Kier alpha value is -3.01. The van der Waals surface area contributed by atoms with Crippen molar-refractivity contribution in [2.75, 3.05) is 0 Å². The van der Waals surface area contributed by atoms with Crippen molar-refractivity contribution in [3.8, 4) is 0 Å². The van der Waals surface area contributed by atoms with Gasteiger partial charge in [-0.2, -0.15) is 0 Å². The summed E-state index contributed by atoms with van der Waals surface area (Å²) in [6.07, 6.45) is 17.4. The Bertz CT molecular complexity index is 1070. The van der Waals surface area contributed by atoms with Gasteiger partial charge in [-0.3, -0.25) is 14.8 Å². The topological polar surface area (TPSA) is 68.9 Å². The van der Waals surface area contributed by atoms with E-state index in [-0.39, 0.29) is 17.7 Å². The van der Waals surface area contributed by atoms with Gasteiger partial charge in [0.2, 0.25) is 5.91 Å². The minimum absolute atomic E-state index is 0.125. The van der Waals surface area contributed by atoms with E-state index in [2.05, 4.69) is 28.2 Å². The fourth-order valence-corrected chi connectivity index (χ4v) is 6.50. The fourth-order valence-electron chi connectivity index (χ4n) is 6.50. The molecule has 2 N–H and O–H groups in total. The van der Waals surface area contributed by atoms with Crippen LogP contribution in [-0.2, 0) is 0 Å². The van der Waals surface area contributed by atoms with Gasteiger partial charge in [-0.1, -0.05) is 49.9 Å². The lowest BCUT2D eigenvalue weighted by molar-refractivity contribution is 0.0998. The van der Waals surface area contributed by atoms with Crippen LogP contribution < -0.4 is 5.73 Å². The van der Waals surface area contributed by atoms with Crippen molar-refractivity contribution in [3.63, 3.8) is 0 Å². The first-order chi connectivity index (χ1) is 16.2. The van der Waals surface area contributed by atoms with E-state index in [0.29, 0.717) is 17.4 Å². The third-order valence-corrected chi connectivity index (χ3v) is 7.88. The maximum atomic E-state index is 12.8. The van der Waals surface area contributed by atoms with E-state index in [0.717, 1.165) is 5.56 Å². The zero-order valence-electron chi connectivity index (χ0n) is 19.2. The number of nitrogens with zero attached hydrogens (tertiary/aromatic N) is 2. The van der Waals surface area contributed by atoms with E-state index in [1.807, 2.05) is 49.1 Å². The molecule has 2 aliphatic carbocycles. The maximum Gasteiger partial charge on any atom is 0.249 e. The smallest absolute Gasteiger partial charge is 0.249 e. The number of rotatable bonds is 7. The van der Waals surface area contributed by atoms with Crippen molar-refractivity contribution in [2.45, 2.75) is 63.2 Å². The van der Waals surface area contributed by atoms with Crippen LogP contribution in [-0.4, -0.2) is 15.9 Å². The van der Waals surface area contributed by atoms with Gasteiger partial charge in [-0.05, 0) is 78.0 Å². The van der Waals surface area contributed by atoms with Gasteiger partial charge in [-0.25, -0.2) is 0 Å². The van der Waals surface area contributed by atoms with Gasteiger partial charge < -0.3 is 5.73 Å². The van der Waals surface area contributed by atoms with E-state index < -0.39 is 0 Å². The predicted molar refractivity (Wildman–Crippen MR) is 131 cm³/mol. The van der Waals surface area contributed by atoms with Gasteiger partial charge >= 0.3 is 0 Å². The Balaban J connectivity index is 1.74. The van der Waals surface area contributed by atoms with Gasteiger partial charge in [0.15, 0.2) is 0 Å². The minimum atomic E-state index is -0.338. The third kappa shape index (κ3) is 4.44. The van der Waals surface area contributed by atoms with Crippen LogP contribution >= 0.6 is 0 Å². The van der Waals surface area contributed by atoms with Crippen molar-refractivity contribution in [1.82, 2.24) is 9.97 Å². The van der Waals surface area contributed by atoms with E-state index >= 15 is 0 Å². The van der Waals surface area contributed by atoms with Gasteiger partial charge in [0.1, 0.15) is 0 Å². The summed E-state index contributed by atoms with van der Waals surface area (Å²) in [5, 5.41) is 0. The molecule has 0 bridgehead atoms. The third-order valence-electron chi connectivity index (χ3n) is 7.88. The molecule has 1 amide bonds. The number of primary amides is 1. The zero-order chi connectivity index (χ0) is 22.6. The lowest BCUT2D eigenvalue weighted by Gasteiger charge is -2.33. The lowest BCUT2D eigenvalue weighted by Crippen LogP contribution is -2.24. The molecule has 170 valence electrons. The second-order valence-electron chi connectivity index (χ2n) is 9.79. The number of aromatic nitrogens is 2. The van der Waals surface area contributed by atoms with Gasteiger partial charge in [0.25, 0.3) is 0 Å². The summed E-state index contributed by atoms with van der Waals surface area (Å²) in [5.74, 6) is 1.05. The van der Waals surface area contributed by atoms with Crippen LogP contribution in [0.4, 0.5) is 0 Å². The lowest BCUT2D eigenvalue weighted by atomic mass is 9.71. The van der Waals surface area contributed by atoms with Gasteiger partial charge in [0.05, 0.1) is 0 Å². The van der Waals surface area contributed by atoms with Crippen LogP contribution in [0.1, 0.15) is 95.8 Å². The molecule has 4 heteroatoms. The second-order valence-corrected chi connectivity index (χ2v) is 9.79. The first-order valence-corrected chi connectivity index (χ1v) is 12.5. The highest BCUT2D eigenvalue weighted by Gasteiger charge is 2.36. The van der Waals surface area contributed by atoms with Crippen LogP contribution in [0.2, 0.25) is 0 Å². The number of nitrogens with two attached hydrogens (primary N) is 1. The Labute approximate surface area is 196 Å². The molecule has 0 saturated heterocycles. The largest absolute Gasteiger partial charge is 0.366 e. The molecule has 2 aliphatic rings. The Morgan fingerprint density at radius 1 is 0.758 bits per heavy atom. The summed E-state index contributed by atoms with van der Waals surface area (Å²) >= 11 is 0. The maximum absolute atomic E-state index is 12.8. The van der Waals surface area contributed by atoms with Crippen molar-refractivity contribution < 1.29 is 4.79 Å². The number of hydrogen-bond donors (Lipinski definition) is 1. The SMILES string of the molecule is NC(=O)c1cccc(C(c2cccnc2)C2CCCC2)c1C(c1cccnc1)C1CCCC1. The molecule has 3 aromatic rings. The molecule has 1 aromatic carbocycles. The van der Waals surface area contributed by atoms with E-state index in [4.69, 9.17) is 5.73 Å². The predicted octanol–water partition coefficient (Wildman–Crippen LogP) is 6.22. The molecular formula is C29H33N3O. The van der Waals surface area contributed by atoms with Gasteiger partial charge in [0, 0.05) is 42.2 Å². The highest BCUT2D eigenvalue weighted by Crippen LogP contribution is 2.49. The van der Waals surface area contributed by atoms with Crippen molar-refractivity contribution in [3.05, 3.63) is 95.1 Å². The molecule has 2 saturated carbocycles. The minimum Gasteiger partial charge on any atom is -0.366 e. The molecule has 5 rings (SSSR count). The molecule has 2 unspecified atom stereocenters. The highest BCUT2D eigenvalue weighted by atomic mass is 16.1. The molecule has 0 aliphatic heterocycles. The second kappa shape index (κ2) is 9.86. The van der Waals surface area contributed by atoms with Crippen LogP contribution in [0.5, 0.6) is 0 Å². The summed E-state index contributed by atoms with van der Waals surface area (Å²) in [6, 6.07) is 14.6. The fraction of sp³-hybridized carbons (Fsp3) is 0.414. The Kier molecular flexibility index (Phi) is 6.52. The molecule has 2 aromatic heterocycles. The molecule has 2 heterocycles. The Morgan fingerprint density at radius 2 is 1.30 bits per heavy atom. The number of carbonyl (C=O) groups excluding carboxylic acids is 1. The number of carbonyl (C=O) groups is 1. The zero-order valence-corrected chi connectivity index (χ0v) is 19.2. The first-order valence-electron chi connectivity index (χ1n) is 12.5. The van der Waals surface area contributed by atoms with Crippen molar-refractivity contribution in [1.29, 1.82) is 0 Å². The van der Waals surface area contributed by atoms with E-state index in [9.17, 15) is 4.79 Å². The van der Waals surface area contributed by atoms with Crippen LogP contribution in [0.25, 0.3) is 0 Å². The Morgan fingerprint density at radius 3 is 1.82 bits per heavy atom. The molecule has 0 radical (unpaired) electrons. The number of hydrogen-bond acceptors (Lipinski definition) is 3. The molecule has 4 nitrogen and oxygen atoms in total.